The number of para-hydroxylation sites is 2. The lowest BCUT2D eigenvalue weighted by molar-refractivity contribution is 0.408. The van der Waals surface area contributed by atoms with E-state index >= 15 is 0 Å². The maximum atomic E-state index is 5.39. The van der Waals surface area contributed by atoms with Crippen molar-refractivity contribution in [1.82, 2.24) is 15.2 Å². The van der Waals surface area contributed by atoms with Gasteiger partial charge in [0, 0.05) is 42.1 Å². The van der Waals surface area contributed by atoms with Gasteiger partial charge < -0.3 is 9.88 Å². The van der Waals surface area contributed by atoms with Gasteiger partial charge >= 0.3 is 0 Å². The van der Waals surface area contributed by atoms with Crippen molar-refractivity contribution < 1.29 is 0 Å². The molecule has 0 saturated heterocycles. The predicted octanol–water partition coefficient (Wildman–Crippen LogP) is 11.2. The first kappa shape index (κ1) is 29.0. The highest BCUT2D eigenvalue weighted by Gasteiger charge is 2.28. The maximum absolute atomic E-state index is 5.39. The van der Waals surface area contributed by atoms with Crippen LogP contribution < -0.4 is 10.6 Å². The molecule has 0 radical (unpaired) electrons. The topological polar surface area (TPSA) is 41.4 Å². The Morgan fingerprint density at radius 2 is 1.16 bits per heavy atom. The fourth-order valence-electron chi connectivity index (χ4n) is 7.50. The molecular weight excluding hydrogens is 629 g/mol. The van der Waals surface area contributed by atoms with Crippen LogP contribution in [0.4, 0.5) is 0 Å². The fraction of sp³-hybridized carbons (Fsp3) is 0.0444. The van der Waals surface area contributed by atoms with Crippen molar-refractivity contribution in [2.45, 2.75) is 12.3 Å². The van der Waals surface area contributed by atoms with Gasteiger partial charge in [-0.25, -0.2) is 4.99 Å². The van der Waals surface area contributed by atoms with Crippen LogP contribution in [0.25, 0.3) is 58.8 Å². The zero-order valence-electron chi connectivity index (χ0n) is 27.1. The zero-order valence-corrected chi connectivity index (χ0v) is 27.9. The Balaban J connectivity index is 1.15. The second-order valence-electron chi connectivity index (χ2n) is 12.9. The second-order valence-corrected chi connectivity index (χ2v) is 13.9. The van der Waals surface area contributed by atoms with Crippen molar-refractivity contribution in [3.63, 3.8) is 0 Å². The van der Waals surface area contributed by atoms with E-state index in [-0.39, 0.29) is 12.3 Å². The van der Waals surface area contributed by atoms with E-state index in [1.165, 1.54) is 53.1 Å². The smallest absolute Gasteiger partial charge is 0.131 e. The van der Waals surface area contributed by atoms with Crippen LogP contribution in [0.15, 0.2) is 175 Å². The summed E-state index contributed by atoms with van der Waals surface area (Å²) in [5, 5.41) is 12.7. The van der Waals surface area contributed by atoms with Gasteiger partial charge in [0.05, 0.1) is 16.7 Å². The summed E-state index contributed by atoms with van der Waals surface area (Å²) >= 11 is 1.86. The monoisotopic (exact) mass is 660 g/mol. The minimum Gasteiger partial charge on any atom is -0.350 e. The Hall–Kier alpha value is -6.01. The molecule has 2 unspecified atom stereocenters. The maximum Gasteiger partial charge on any atom is 0.131 e. The van der Waals surface area contributed by atoms with Gasteiger partial charge in [-0.15, -0.1) is 11.3 Å². The minimum atomic E-state index is -0.300. The molecule has 2 atom stereocenters. The summed E-state index contributed by atoms with van der Waals surface area (Å²) in [7, 11) is 0. The molecule has 0 fully saturated rings. The average Bonchev–Trinajstić information content (AvgIpc) is 3.72. The van der Waals surface area contributed by atoms with Crippen molar-refractivity contribution in [1.29, 1.82) is 0 Å². The van der Waals surface area contributed by atoms with Crippen molar-refractivity contribution in [2.75, 3.05) is 0 Å². The van der Waals surface area contributed by atoms with Crippen molar-refractivity contribution >= 4 is 59.2 Å². The summed E-state index contributed by atoms with van der Waals surface area (Å²) < 4.78 is 5.05. The third kappa shape index (κ3) is 4.82. The molecule has 0 spiro atoms. The van der Waals surface area contributed by atoms with E-state index in [2.05, 4.69) is 185 Å². The first-order chi connectivity index (χ1) is 24.8. The van der Waals surface area contributed by atoms with Crippen LogP contribution in [0.2, 0.25) is 0 Å². The largest absolute Gasteiger partial charge is 0.350 e. The van der Waals surface area contributed by atoms with Crippen LogP contribution in [0.1, 0.15) is 29.0 Å². The zero-order chi connectivity index (χ0) is 33.0. The van der Waals surface area contributed by atoms with Gasteiger partial charge in [-0.05, 0) is 47.0 Å². The highest BCUT2D eigenvalue weighted by molar-refractivity contribution is 7.25. The van der Waals surface area contributed by atoms with E-state index < -0.39 is 0 Å². The summed E-state index contributed by atoms with van der Waals surface area (Å²) in [6, 6.07) is 60.8. The number of rotatable bonds is 5. The Labute approximate surface area is 294 Å². The summed E-state index contributed by atoms with van der Waals surface area (Å²) in [5.74, 6) is 0.867. The lowest BCUT2D eigenvalue weighted by Gasteiger charge is -2.33. The van der Waals surface area contributed by atoms with Gasteiger partial charge in [0.1, 0.15) is 18.2 Å². The van der Waals surface area contributed by atoms with E-state index in [9.17, 15) is 0 Å². The number of fused-ring (bicyclic) bond motifs is 6. The Bertz CT molecular complexity index is 2710. The number of hydrogen-bond donors (Lipinski definition) is 2. The summed E-state index contributed by atoms with van der Waals surface area (Å²) in [6.45, 7) is 0. The molecule has 1 aliphatic heterocycles. The first-order valence-corrected chi connectivity index (χ1v) is 17.9. The van der Waals surface area contributed by atoms with Gasteiger partial charge in [0.15, 0.2) is 0 Å². The molecule has 5 heteroatoms. The molecule has 0 saturated carbocycles. The van der Waals surface area contributed by atoms with Gasteiger partial charge in [-0.1, -0.05) is 140 Å². The molecule has 10 rings (SSSR count). The van der Waals surface area contributed by atoms with Crippen LogP contribution in [0.3, 0.4) is 0 Å². The third-order valence-corrected chi connectivity index (χ3v) is 11.0. The number of amidine groups is 1. The quantitative estimate of drug-likeness (QED) is 0.193. The van der Waals surface area contributed by atoms with E-state index in [1.807, 2.05) is 11.3 Å². The molecule has 9 aromatic rings. The minimum absolute atomic E-state index is 0.133. The second kappa shape index (κ2) is 11.8. The number of aliphatic imine (C=N–C) groups is 1. The highest BCUT2D eigenvalue weighted by Crippen LogP contribution is 2.41. The fourth-order valence-corrected chi connectivity index (χ4v) is 8.62. The molecule has 0 aliphatic carbocycles. The molecular formula is C45H32N4S. The van der Waals surface area contributed by atoms with Crippen LogP contribution in [0, 0.1) is 0 Å². The summed E-state index contributed by atoms with van der Waals surface area (Å²) in [4.78, 5) is 5.39. The lowest BCUT2D eigenvalue weighted by atomic mass is 10.0. The summed E-state index contributed by atoms with van der Waals surface area (Å²) in [6.07, 6.45) is -0.433. The number of benzene rings is 7. The molecule has 0 amide bonds. The molecule has 7 aromatic carbocycles. The standard InChI is InChI=1S/C45H32N4S/c1-3-13-29(14-4-1)30-23-25-32(26-24-30)44-46-43(31-15-5-2-6-16-31)47-45(48-44)35-19-8-11-21-39(35)49-38-20-10-7-17-33(38)36-27-37-34-18-9-12-22-41(34)50-42(37)28-40(36)49/h1-28,43,45,47H,(H,46,48). The number of hydrogen-bond acceptors (Lipinski definition) is 4. The first-order valence-electron chi connectivity index (χ1n) is 17.0. The Morgan fingerprint density at radius 3 is 2.00 bits per heavy atom. The van der Waals surface area contributed by atoms with Crippen LogP contribution in [-0.2, 0) is 0 Å². The van der Waals surface area contributed by atoms with Crippen molar-refractivity contribution in [3.05, 3.63) is 187 Å². The number of nitrogens with zero attached hydrogens (tertiary/aromatic N) is 2. The van der Waals surface area contributed by atoms with E-state index in [1.54, 1.807) is 0 Å². The van der Waals surface area contributed by atoms with Gasteiger partial charge in [-0.2, -0.15) is 0 Å². The Kier molecular flexibility index (Phi) is 6.86. The molecule has 0 bridgehead atoms. The molecule has 2 aromatic heterocycles. The van der Waals surface area contributed by atoms with E-state index in [0.717, 1.165) is 28.2 Å². The average molecular weight is 661 g/mol. The van der Waals surface area contributed by atoms with E-state index in [4.69, 9.17) is 4.99 Å². The van der Waals surface area contributed by atoms with Gasteiger partial charge in [0.25, 0.3) is 0 Å². The van der Waals surface area contributed by atoms with Crippen molar-refractivity contribution in [3.8, 4) is 16.8 Å². The summed E-state index contributed by atoms with van der Waals surface area (Å²) in [5.41, 5.74) is 9.22. The molecule has 2 N–H and O–H groups in total. The SMILES string of the molecule is c1ccc(-c2ccc(C3=NC(c4ccccc4-n4c5ccccc5c5cc6c(cc54)sc4ccccc46)NC(c4ccccc4)N3)cc2)cc1. The molecule has 238 valence electrons. The highest BCUT2D eigenvalue weighted by atomic mass is 32.1. The van der Waals surface area contributed by atoms with Crippen LogP contribution in [0.5, 0.6) is 0 Å². The molecule has 4 nitrogen and oxygen atoms in total. The van der Waals surface area contributed by atoms with E-state index in [0.29, 0.717) is 0 Å². The normalized spacial score (nSPS) is 16.2. The van der Waals surface area contributed by atoms with Crippen molar-refractivity contribution in [2.24, 2.45) is 4.99 Å². The van der Waals surface area contributed by atoms with Gasteiger partial charge in [0.2, 0.25) is 0 Å². The van der Waals surface area contributed by atoms with Crippen LogP contribution in [-0.4, -0.2) is 10.4 Å². The third-order valence-electron chi connectivity index (χ3n) is 9.91. The van der Waals surface area contributed by atoms with Gasteiger partial charge in [-0.3, -0.25) is 5.32 Å². The lowest BCUT2D eigenvalue weighted by Crippen LogP contribution is -2.45. The Morgan fingerprint density at radius 1 is 0.500 bits per heavy atom. The number of thiophene rings is 1. The number of nitrogens with one attached hydrogen (secondary N) is 2. The molecule has 50 heavy (non-hydrogen) atoms. The number of aromatic nitrogens is 1. The molecule has 3 heterocycles. The molecule has 1 aliphatic rings. The predicted molar refractivity (Wildman–Crippen MR) is 210 cm³/mol. The van der Waals surface area contributed by atoms with Crippen LogP contribution >= 0.6 is 11.3 Å².